The van der Waals surface area contributed by atoms with Crippen LogP contribution in [0.3, 0.4) is 0 Å². The molecule has 0 amide bonds. The third kappa shape index (κ3) is 1.91. The Hall–Kier alpha value is -1.26. The largest absolute Gasteiger partial charge is 0.504 e. The molecule has 13 heavy (non-hydrogen) atoms. The van der Waals surface area contributed by atoms with E-state index in [-0.39, 0.29) is 24.7 Å². The van der Waals surface area contributed by atoms with Crippen molar-refractivity contribution in [3.8, 4) is 11.5 Å². The second kappa shape index (κ2) is 4.11. The van der Waals surface area contributed by atoms with Gasteiger partial charge in [-0.25, -0.2) is 0 Å². The van der Waals surface area contributed by atoms with Crippen LogP contribution < -0.4 is 4.74 Å². The van der Waals surface area contributed by atoms with Gasteiger partial charge in [0.25, 0.3) is 0 Å². The maximum atomic E-state index is 9.39. The number of aliphatic hydroxyl groups is 2. The van der Waals surface area contributed by atoms with E-state index in [0.717, 1.165) is 0 Å². The number of aromatic hydroxyl groups is 1. The first-order valence-electron chi connectivity index (χ1n) is 3.83. The Morgan fingerprint density at radius 1 is 1.23 bits per heavy atom. The van der Waals surface area contributed by atoms with Crippen LogP contribution in [0.25, 0.3) is 0 Å². The molecule has 1 aromatic rings. The SMILES string of the molecule is COc1c(O)cc(CO)cc1CO. The molecule has 0 aliphatic heterocycles. The molecule has 1 rings (SSSR count). The van der Waals surface area contributed by atoms with E-state index in [9.17, 15) is 5.11 Å². The minimum atomic E-state index is -0.232. The van der Waals surface area contributed by atoms with Crippen molar-refractivity contribution in [1.29, 1.82) is 0 Å². The summed E-state index contributed by atoms with van der Waals surface area (Å²) in [5.74, 6) is 0.179. The molecule has 0 spiro atoms. The summed E-state index contributed by atoms with van der Waals surface area (Å²) in [5, 5.41) is 27.1. The standard InChI is InChI=1S/C9H12O4/c1-13-9-7(5-11)2-6(4-10)3-8(9)12/h2-3,10-12H,4-5H2,1H3. The van der Waals surface area contributed by atoms with Gasteiger partial charge < -0.3 is 20.1 Å². The molecule has 72 valence electrons. The van der Waals surface area contributed by atoms with Crippen LogP contribution in [0.1, 0.15) is 11.1 Å². The molecule has 0 bridgehead atoms. The molecular formula is C9H12O4. The number of benzene rings is 1. The van der Waals surface area contributed by atoms with Crippen LogP contribution in [0.15, 0.2) is 12.1 Å². The Morgan fingerprint density at radius 3 is 2.38 bits per heavy atom. The fraction of sp³-hybridized carbons (Fsp3) is 0.333. The smallest absolute Gasteiger partial charge is 0.165 e. The molecule has 0 aliphatic carbocycles. The van der Waals surface area contributed by atoms with Crippen molar-refractivity contribution in [3.05, 3.63) is 23.3 Å². The number of rotatable bonds is 3. The number of phenols is 1. The lowest BCUT2D eigenvalue weighted by atomic mass is 10.1. The highest BCUT2D eigenvalue weighted by Gasteiger charge is 2.09. The zero-order chi connectivity index (χ0) is 9.84. The lowest BCUT2D eigenvalue weighted by Crippen LogP contribution is -1.95. The first-order valence-corrected chi connectivity index (χ1v) is 3.83. The summed E-state index contributed by atoms with van der Waals surface area (Å²) in [6, 6.07) is 2.98. The van der Waals surface area contributed by atoms with Gasteiger partial charge in [0.05, 0.1) is 20.3 Å². The van der Waals surface area contributed by atoms with Crippen molar-refractivity contribution >= 4 is 0 Å². The van der Waals surface area contributed by atoms with Gasteiger partial charge >= 0.3 is 0 Å². The molecule has 0 saturated heterocycles. The topological polar surface area (TPSA) is 69.9 Å². The molecule has 3 N–H and O–H groups in total. The average Bonchev–Trinajstić information content (AvgIpc) is 2.16. The predicted octanol–water partition coefficient (Wildman–Crippen LogP) is 0.385. The Kier molecular flexibility index (Phi) is 3.11. The van der Waals surface area contributed by atoms with E-state index in [1.54, 1.807) is 6.07 Å². The molecule has 0 saturated carbocycles. The molecule has 0 fully saturated rings. The number of hydrogen-bond donors (Lipinski definition) is 3. The van der Waals surface area contributed by atoms with Crippen LogP contribution in [0.4, 0.5) is 0 Å². The van der Waals surface area contributed by atoms with Crippen LogP contribution in [0.2, 0.25) is 0 Å². The van der Waals surface area contributed by atoms with E-state index >= 15 is 0 Å². The van der Waals surface area contributed by atoms with E-state index in [2.05, 4.69) is 0 Å². The fourth-order valence-corrected chi connectivity index (χ4v) is 1.18. The monoisotopic (exact) mass is 184 g/mol. The minimum Gasteiger partial charge on any atom is -0.504 e. The van der Waals surface area contributed by atoms with Gasteiger partial charge in [0.2, 0.25) is 0 Å². The summed E-state index contributed by atoms with van der Waals surface area (Å²) >= 11 is 0. The van der Waals surface area contributed by atoms with Gasteiger partial charge in [0.1, 0.15) is 0 Å². The van der Waals surface area contributed by atoms with E-state index in [1.165, 1.54) is 13.2 Å². The minimum absolute atomic E-state index is 0.0712. The zero-order valence-corrected chi connectivity index (χ0v) is 7.32. The number of hydrogen-bond acceptors (Lipinski definition) is 4. The summed E-state index contributed by atoms with van der Waals surface area (Å²) in [6.45, 7) is -0.408. The normalized spacial score (nSPS) is 10.1. The summed E-state index contributed by atoms with van der Waals surface area (Å²) in [7, 11) is 1.41. The first kappa shape index (κ1) is 9.83. The third-order valence-electron chi connectivity index (χ3n) is 1.76. The molecule has 0 aliphatic rings. The fourth-order valence-electron chi connectivity index (χ4n) is 1.18. The lowest BCUT2D eigenvalue weighted by Gasteiger charge is -2.09. The van der Waals surface area contributed by atoms with Gasteiger partial charge in [-0.05, 0) is 17.7 Å². The maximum Gasteiger partial charge on any atom is 0.165 e. The number of phenolic OH excluding ortho intramolecular Hbond substituents is 1. The second-order valence-electron chi connectivity index (χ2n) is 2.62. The molecule has 1 aromatic carbocycles. The molecule has 0 heterocycles. The maximum absolute atomic E-state index is 9.39. The van der Waals surface area contributed by atoms with Crippen molar-refractivity contribution in [2.75, 3.05) is 7.11 Å². The highest BCUT2D eigenvalue weighted by molar-refractivity contribution is 5.48. The van der Waals surface area contributed by atoms with E-state index in [1.807, 2.05) is 0 Å². The van der Waals surface area contributed by atoms with Gasteiger partial charge in [0, 0.05) is 5.56 Å². The van der Waals surface area contributed by atoms with Crippen molar-refractivity contribution in [2.24, 2.45) is 0 Å². The highest BCUT2D eigenvalue weighted by atomic mass is 16.5. The van der Waals surface area contributed by atoms with Crippen molar-refractivity contribution < 1.29 is 20.1 Å². The number of aliphatic hydroxyl groups excluding tert-OH is 2. The van der Waals surface area contributed by atoms with Crippen LogP contribution >= 0.6 is 0 Å². The molecule has 4 nitrogen and oxygen atoms in total. The van der Waals surface area contributed by atoms with Gasteiger partial charge in [-0.1, -0.05) is 0 Å². The van der Waals surface area contributed by atoms with Gasteiger partial charge in [-0.3, -0.25) is 0 Å². The number of ether oxygens (including phenoxy) is 1. The summed E-state index contributed by atoms with van der Waals surface area (Å²) < 4.78 is 4.87. The molecular weight excluding hydrogens is 172 g/mol. The van der Waals surface area contributed by atoms with Gasteiger partial charge in [-0.2, -0.15) is 0 Å². The Morgan fingerprint density at radius 2 is 1.92 bits per heavy atom. The van der Waals surface area contributed by atoms with Crippen LogP contribution in [0.5, 0.6) is 11.5 Å². The molecule has 0 radical (unpaired) electrons. The molecule has 4 heteroatoms. The number of methoxy groups -OCH3 is 1. The van der Waals surface area contributed by atoms with E-state index in [0.29, 0.717) is 11.1 Å². The Balaban J connectivity index is 3.20. The van der Waals surface area contributed by atoms with Crippen LogP contribution in [-0.4, -0.2) is 22.4 Å². The third-order valence-corrected chi connectivity index (χ3v) is 1.76. The Labute approximate surface area is 76.0 Å². The summed E-state index contributed by atoms with van der Waals surface area (Å²) in [5.41, 5.74) is 1.01. The zero-order valence-electron chi connectivity index (χ0n) is 7.32. The highest BCUT2D eigenvalue weighted by Crippen LogP contribution is 2.31. The van der Waals surface area contributed by atoms with Gasteiger partial charge in [-0.15, -0.1) is 0 Å². The molecule has 0 unspecified atom stereocenters. The van der Waals surface area contributed by atoms with Crippen molar-refractivity contribution in [2.45, 2.75) is 13.2 Å². The van der Waals surface area contributed by atoms with Gasteiger partial charge in [0.15, 0.2) is 11.5 Å². The molecule has 0 atom stereocenters. The second-order valence-corrected chi connectivity index (χ2v) is 2.62. The van der Waals surface area contributed by atoms with E-state index < -0.39 is 0 Å². The van der Waals surface area contributed by atoms with Crippen molar-refractivity contribution in [1.82, 2.24) is 0 Å². The Bertz CT molecular complexity index is 296. The quantitative estimate of drug-likeness (QED) is 0.635. The molecule has 0 aromatic heterocycles. The summed E-state index contributed by atoms with van der Waals surface area (Å²) in [6.07, 6.45) is 0. The van der Waals surface area contributed by atoms with Crippen LogP contribution in [-0.2, 0) is 13.2 Å². The van der Waals surface area contributed by atoms with E-state index in [4.69, 9.17) is 14.9 Å². The van der Waals surface area contributed by atoms with Crippen molar-refractivity contribution in [3.63, 3.8) is 0 Å². The average molecular weight is 184 g/mol. The lowest BCUT2D eigenvalue weighted by molar-refractivity contribution is 0.265. The first-order chi connectivity index (χ1) is 6.22. The summed E-state index contributed by atoms with van der Waals surface area (Å²) in [4.78, 5) is 0. The predicted molar refractivity (Wildman–Crippen MR) is 46.5 cm³/mol. The van der Waals surface area contributed by atoms with Crippen LogP contribution in [0, 0.1) is 0 Å².